The average molecular weight is 321 g/mol. The highest BCUT2D eigenvalue weighted by molar-refractivity contribution is 5.92. The number of amides is 3. The number of carboxylic acids is 1. The van der Waals surface area contributed by atoms with Crippen LogP contribution >= 0.6 is 0 Å². The van der Waals surface area contributed by atoms with Gasteiger partial charge >= 0.3 is 12.0 Å². The molecule has 0 saturated heterocycles. The first-order valence-corrected chi connectivity index (χ1v) is 7.51. The van der Waals surface area contributed by atoms with E-state index in [1.807, 2.05) is 26.0 Å². The van der Waals surface area contributed by atoms with Crippen molar-refractivity contribution in [2.75, 3.05) is 11.9 Å². The molecule has 23 heavy (non-hydrogen) atoms. The van der Waals surface area contributed by atoms with Gasteiger partial charge in [0.2, 0.25) is 5.91 Å². The van der Waals surface area contributed by atoms with Crippen molar-refractivity contribution >= 4 is 23.6 Å². The molecule has 7 heteroatoms. The third kappa shape index (κ3) is 7.85. The Morgan fingerprint density at radius 2 is 1.74 bits per heavy atom. The molecule has 0 aliphatic rings. The fourth-order valence-corrected chi connectivity index (χ4v) is 1.68. The molecule has 0 aliphatic carbocycles. The highest BCUT2D eigenvalue weighted by atomic mass is 16.4. The third-order valence-corrected chi connectivity index (χ3v) is 3.05. The Morgan fingerprint density at radius 3 is 2.30 bits per heavy atom. The number of carboxylic acid groups (broad SMARTS) is 1. The molecular formula is C16H23N3O4. The van der Waals surface area contributed by atoms with Crippen LogP contribution in [-0.2, 0) is 16.1 Å². The summed E-state index contributed by atoms with van der Waals surface area (Å²) in [4.78, 5) is 33.4. The Labute approximate surface area is 135 Å². The lowest BCUT2D eigenvalue weighted by Crippen LogP contribution is -2.35. The van der Waals surface area contributed by atoms with Crippen LogP contribution in [0.3, 0.4) is 0 Å². The second kappa shape index (κ2) is 9.45. The summed E-state index contributed by atoms with van der Waals surface area (Å²) in [5, 5.41) is 16.5. The van der Waals surface area contributed by atoms with E-state index in [1.165, 1.54) is 0 Å². The van der Waals surface area contributed by atoms with Gasteiger partial charge in [-0.1, -0.05) is 26.0 Å². The summed E-state index contributed by atoms with van der Waals surface area (Å²) in [6.45, 7) is 4.31. The number of hydrogen-bond donors (Lipinski definition) is 4. The lowest BCUT2D eigenvalue weighted by molar-refractivity contribution is -0.137. The van der Waals surface area contributed by atoms with Crippen LogP contribution in [0.5, 0.6) is 0 Å². The van der Waals surface area contributed by atoms with Gasteiger partial charge in [-0.3, -0.25) is 9.59 Å². The molecule has 0 aromatic heterocycles. The fourth-order valence-electron chi connectivity index (χ4n) is 1.68. The molecule has 0 atom stereocenters. The van der Waals surface area contributed by atoms with E-state index >= 15 is 0 Å². The summed E-state index contributed by atoms with van der Waals surface area (Å²) in [5.74, 6) is -1.00. The van der Waals surface area contributed by atoms with Crippen molar-refractivity contribution in [2.24, 2.45) is 5.92 Å². The molecule has 0 aliphatic heterocycles. The van der Waals surface area contributed by atoms with Crippen LogP contribution in [0.4, 0.5) is 10.5 Å². The molecule has 3 amide bonds. The van der Waals surface area contributed by atoms with Crippen molar-refractivity contribution in [3.05, 3.63) is 29.8 Å². The molecule has 0 fully saturated rings. The lowest BCUT2D eigenvalue weighted by Gasteiger charge is -2.09. The summed E-state index contributed by atoms with van der Waals surface area (Å²) in [5.41, 5.74) is 1.61. The number of rotatable bonds is 8. The molecular weight excluding hydrogens is 298 g/mol. The lowest BCUT2D eigenvalue weighted by atomic mass is 10.1. The monoisotopic (exact) mass is 321 g/mol. The number of hydrogen-bond acceptors (Lipinski definition) is 3. The van der Waals surface area contributed by atoms with E-state index in [0.717, 1.165) is 5.56 Å². The number of nitrogens with one attached hydrogen (secondary N) is 3. The van der Waals surface area contributed by atoms with Gasteiger partial charge in [0, 0.05) is 31.1 Å². The number of aliphatic carboxylic acids is 1. The predicted molar refractivity (Wildman–Crippen MR) is 87.0 cm³/mol. The largest absolute Gasteiger partial charge is 0.481 e. The number of urea groups is 1. The minimum absolute atomic E-state index is 0.0316. The molecule has 0 unspecified atom stereocenters. The van der Waals surface area contributed by atoms with E-state index in [0.29, 0.717) is 25.2 Å². The maximum absolute atomic E-state index is 11.6. The number of anilines is 1. The van der Waals surface area contributed by atoms with Crippen LogP contribution in [0.2, 0.25) is 0 Å². The van der Waals surface area contributed by atoms with Crippen LogP contribution in [0, 0.1) is 5.92 Å². The molecule has 1 aromatic carbocycles. The highest BCUT2D eigenvalue weighted by Gasteiger charge is 2.07. The summed E-state index contributed by atoms with van der Waals surface area (Å²) in [6, 6.07) is 6.86. The number of benzene rings is 1. The first kappa shape index (κ1) is 18.5. The SMILES string of the molecule is CC(C)C(=O)Nc1ccc(CNC(=O)NCCCC(=O)O)cc1. The quantitative estimate of drug-likeness (QED) is 0.549. The molecule has 0 saturated carbocycles. The van der Waals surface area contributed by atoms with Crippen LogP contribution in [-0.4, -0.2) is 29.6 Å². The molecule has 4 N–H and O–H groups in total. The minimum atomic E-state index is -0.878. The maximum atomic E-state index is 11.6. The van der Waals surface area contributed by atoms with Gasteiger partial charge in [0.15, 0.2) is 0 Å². The molecule has 1 aromatic rings. The normalized spacial score (nSPS) is 10.2. The summed E-state index contributed by atoms with van der Waals surface area (Å²) in [7, 11) is 0. The van der Waals surface area contributed by atoms with E-state index in [2.05, 4.69) is 16.0 Å². The van der Waals surface area contributed by atoms with Gasteiger partial charge in [-0.2, -0.15) is 0 Å². The zero-order chi connectivity index (χ0) is 17.2. The van der Waals surface area contributed by atoms with Gasteiger partial charge < -0.3 is 21.1 Å². The van der Waals surface area contributed by atoms with Gasteiger partial charge in [-0.05, 0) is 24.1 Å². The van der Waals surface area contributed by atoms with Gasteiger partial charge in [0.05, 0.1) is 0 Å². The molecule has 0 bridgehead atoms. The van der Waals surface area contributed by atoms with Gasteiger partial charge in [0.25, 0.3) is 0 Å². The topological polar surface area (TPSA) is 108 Å². The van der Waals surface area contributed by atoms with Crippen molar-refractivity contribution in [1.29, 1.82) is 0 Å². The van der Waals surface area contributed by atoms with E-state index in [9.17, 15) is 14.4 Å². The Balaban J connectivity index is 2.31. The summed E-state index contributed by atoms with van der Waals surface area (Å²) < 4.78 is 0. The second-order valence-corrected chi connectivity index (χ2v) is 5.45. The van der Waals surface area contributed by atoms with Crippen LogP contribution < -0.4 is 16.0 Å². The maximum Gasteiger partial charge on any atom is 0.315 e. The first-order valence-electron chi connectivity index (χ1n) is 7.51. The number of carbonyl (C=O) groups excluding carboxylic acids is 2. The van der Waals surface area contributed by atoms with Gasteiger partial charge in [-0.15, -0.1) is 0 Å². The van der Waals surface area contributed by atoms with Crippen LogP contribution in [0.25, 0.3) is 0 Å². The van der Waals surface area contributed by atoms with Crippen molar-refractivity contribution < 1.29 is 19.5 Å². The van der Waals surface area contributed by atoms with Crippen LogP contribution in [0.1, 0.15) is 32.3 Å². The Bertz CT molecular complexity index is 541. The van der Waals surface area contributed by atoms with E-state index in [4.69, 9.17) is 5.11 Å². The molecule has 7 nitrogen and oxygen atoms in total. The Morgan fingerprint density at radius 1 is 1.09 bits per heavy atom. The standard InChI is InChI=1S/C16H23N3O4/c1-11(2)15(22)19-13-7-5-12(6-8-13)10-18-16(23)17-9-3-4-14(20)21/h5-8,11H,3-4,9-10H2,1-2H3,(H,19,22)(H,20,21)(H2,17,18,23). The van der Waals surface area contributed by atoms with Crippen molar-refractivity contribution in [3.8, 4) is 0 Å². The zero-order valence-corrected chi connectivity index (χ0v) is 13.4. The highest BCUT2D eigenvalue weighted by Crippen LogP contribution is 2.10. The fraction of sp³-hybridized carbons (Fsp3) is 0.438. The average Bonchev–Trinajstić information content (AvgIpc) is 2.50. The predicted octanol–water partition coefficient (Wildman–Crippen LogP) is 1.95. The van der Waals surface area contributed by atoms with E-state index in [1.54, 1.807) is 12.1 Å². The second-order valence-electron chi connectivity index (χ2n) is 5.45. The van der Waals surface area contributed by atoms with Gasteiger partial charge in [-0.25, -0.2) is 4.79 Å². The molecule has 0 radical (unpaired) electrons. The minimum Gasteiger partial charge on any atom is -0.481 e. The summed E-state index contributed by atoms with van der Waals surface area (Å²) >= 11 is 0. The Hall–Kier alpha value is -2.57. The zero-order valence-electron chi connectivity index (χ0n) is 13.4. The third-order valence-electron chi connectivity index (χ3n) is 3.05. The molecule has 1 rings (SSSR count). The van der Waals surface area contributed by atoms with Gasteiger partial charge in [0.1, 0.15) is 0 Å². The van der Waals surface area contributed by atoms with Crippen molar-refractivity contribution in [2.45, 2.75) is 33.2 Å². The number of carbonyl (C=O) groups is 3. The summed E-state index contributed by atoms with van der Waals surface area (Å²) in [6.07, 6.45) is 0.427. The van der Waals surface area contributed by atoms with E-state index in [-0.39, 0.29) is 24.3 Å². The molecule has 0 heterocycles. The van der Waals surface area contributed by atoms with Crippen molar-refractivity contribution in [1.82, 2.24) is 10.6 Å². The Kier molecular flexibility index (Phi) is 7.59. The van der Waals surface area contributed by atoms with E-state index < -0.39 is 5.97 Å². The smallest absolute Gasteiger partial charge is 0.315 e. The first-order chi connectivity index (χ1) is 10.9. The molecule has 0 spiro atoms. The van der Waals surface area contributed by atoms with Crippen molar-refractivity contribution in [3.63, 3.8) is 0 Å². The molecule has 126 valence electrons. The van der Waals surface area contributed by atoms with Crippen LogP contribution in [0.15, 0.2) is 24.3 Å².